The summed E-state index contributed by atoms with van der Waals surface area (Å²) in [5.74, 6) is -0.311. The third kappa shape index (κ3) is 20.1. The van der Waals surface area contributed by atoms with Crippen LogP contribution < -0.4 is 0 Å². The normalized spacial score (nSPS) is 11.0. The number of halogens is 2. The zero-order chi connectivity index (χ0) is 17.9. The van der Waals surface area contributed by atoms with Crippen molar-refractivity contribution >= 4 is 38.7 Å². The topological polar surface area (TPSA) is 26.3 Å². The smallest absolute Gasteiger partial charge is 0.330 e. The van der Waals surface area contributed by atoms with Crippen LogP contribution in [0.2, 0.25) is 6.04 Å². The van der Waals surface area contributed by atoms with E-state index in [4.69, 9.17) is 27.9 Å². The van der Waals surface area contributed by atoms with E-state index in [9.17, 15) is 4.79 Å². The summed E-state index contributed by atoms with van der Waals surface area (Å²) in [5, 5.41) is 0. The average Bonchev–Trinajstić information content (AvgIpc) is 2.57. The summed E-state index contributed by atoms with van der Waals surface area (Å²) in [6.45, 7) is 3.91. The number of unbranched alkanes of at least 4 members (excludes halogenated alkanes) is 12. The van der Waals surface area contributed by atoms with Crippen molar-refractivity contribution in [2.45, 2.75) is 94.0 Å². The molecule has 0 atom stereocenters. The highest BCUT2D eigenvalue weighted by atomic mass is 35.5. The second-order valence-electron chi connectivity index (χ2n) is 6.22. The highest BCUT2D eigenvalue weighted by molar-refractivity contribution is 6.68. The summed E-state index contributed by atoms with van der Waals surface area (Å²) in [7, 11) is 0.703. The largest absolute Gasteiger partial charge is 0.463 e. The Balaban J connectivity index is 3.03. The molecule has 0 aliphatic heterocycles. The molecule has 5 heteroatoms. The third-order valence-corrected chi connectivity index (χ3v) is 5.91. The maximum absolute atomic E-state index is 10.8. The van der Waals surface area contributed by atoms with E-state index < -0.39 is 0 Å². The lowest BCUT2D eigenvalue weighted by Gasteiger charge is -2.04. The maximum Gasteiger partial charge on any atom is 0.330 e. The second-order valence-corrected chi connectivity index (χ2v) is 9.54. The maximum atomic E-state index is 10.8. The van der Waals surface area contributed by atoms with Crippen molar-refractivity contribution in [3.63, 3.8) is 0 Å². The molecule has 0 aromatic carbocycles. The summed E-state index contributed by atoms with van der Waals surface area (Å²) in [6, 6.07) is 1.19. The molecule has 2 nitrogen and oxygen atoms in total. The Hall–Kier alpha value is 0.00688. The molecule has 0 amide bonds. The van der Waals surface area contributed by atoms with Gasteiger partial charge in [-0.25, -0.2) is 4.79 Å². The van der Waals surface area contributed by atoms with Gasteiger partial charge < -0.3 is 4.74 Å². The van der Waals surface area contributed by atoms with Gasteiger partial charge in [-0.3, -0.25) is 0 Å². The van der Waals surface area contributed by atoms with Gasteiger partial charge in [0.2, 0.25) is 0 Å². The molecule has 0 spiro atoms. The van der Waals surface area contributed by atoms with Crippen LogP contribution in [0.1, 0.15) is 83.5 Å². The Morgan fingerprint density at radius 3 is 1.67 bits per heavy atom. The number of ether oxygens (including phenoxy) is 1. The molecule has 0 rings (SSSR count). The minimum absolute atomic E-state index is 0.153. The summed E-state index contributed by atoms with van der Waals surface area (Å²) in [4.78, 5) is 10.8. The molecule has 0 saturated heterocycles. The number of esters is 1. The van der Waals surface area contributed by atoms with Gasteiger partial charge >= 0.3 is 5.97 Å². The minimum atomic E-state index is -0.311. The molecule has 0 bridgehead atoms. The molecule has 24 heavy (non-hydrogen) atoms. The van der Waals surface area contributed by atoms with Crippen molar-refractivity contribution in [2.24, 2.45) is 0 Å². The molecule has 0 aromatic rings. The van der Waals surface area contributed by atoms with Crippen LogP contribution in [0.3, 0.4) is 0 Å². The first-order chi connectivity index (χ1) is 11.7. The van der Waals surface area contributed by atoms with Gasteiger partial charge in [0.15, 0.2) is 0 Å². The fraction of sp³-hybridized carbons (Fsp3) is 0.842. The molecule has 0 N–H and O–H groups in total. The van der Waals surface area contributed by atoms with Crippen LogP contribution in [0.15, 0.2) is 12.7 Å². The lowest BCUT2D eigenvalue weighted by atomic mass is 10.0. The number of hydrogen-bond acceptors (Lipinski definition) is 2. The highest BCUT2D eigenvalue weighted by Crippen LogP contribution is 2.13. The first kappa shape index (κ1) is 24.0. The van der Waals surface area contributed by atoms with Gasteiger partial charge in [-0.15, -0.1) is 23.2 Å². The molecule has 0 heterocycles. The highest BCUT2D eigenvalue weighted by Gasteiger charge is 1.99. The van der Waals surface area contributed by atoms with Crippen LogP contribution in [0, 0.1) is 0 Å². The van der Waals surface area contributed by atoms with Crippen molar-refractivity contribution in [1.82, 2.24) is 0 Å². The van der Waals surface area contributed by atoms with E-state index in [-0.39, 0.29) is 10.4 Å². The third-order valence-electron chi connectivity index (χ3n) is 4.03. The summed E-state index contributed by atoms with van der Waals surface area (Å²) in [5.41, 5.74) is 0. The molecular weight excluding hydrogens is 359 g/mol. The van der Waals surface area contributed by atoms with Gasteiger partial charge in [0.25, 0.3) is 0 Å². The van der Waals surface area contributed by atoms with Crippen molar-refractivity contribution in [3.05, 3.63) is 12.7 Å². The molecule has 2 radical (unpaired) electrons. The predicted octanol–water partition coefficient (Wildman–Crippen LogP) is 6.67. The minimum Gasteiger partial charge on any atom is -0.463 e. The van der Waals surface area contributed by atoms with Crippen LogP contribution in [0.25, 0.3) is 0 Å². The van der Waals surface area contributed by atoms with Crippen molar-refractivity contribution in [2.75, 3.05) is 6.61 Å². The van der Waals surface area contributed by atoms with Crippen LogP contribution in [-0.2, 0) is 9.53 Å². The Labute approximate surface area is 161 Å². The standard InChI is InChI=1S/C19H34Cl2O2Si/c1-2-18(22)23-16-14-12-10-8-6-4-3-5-7-9-11-13-15-17-24-19(20)21/h2,19H,1,3-17H2. The van der Waals surface area contributed by atoms with Crippen LogP contribution in [0.4, 0.5) is 0 Å². The zero-order valence-electron chi connectivity index (χ0n) is 15.0. The van der Waals surface area contributed by atoms with E-state index in [0.717, 1.165) is 12.8 Å². The van der Waals surface area contributed by atoms with E-state index in [1.165, 1.54) is 82.7 Å². The fourth-order valence-corrected chi connectivity index (χ4v) is 3.94. The van der Waals surface area contributed by atoms with Crippen LogP contribution >= 0.6 is 23.2 Å². The monoisotopic (exact) mass is 392 g/mol. The van der Waals surface area contributed by atoms with Crippen molar-refractivity contribution in [1.29, 1.82) is 0 Å². The summed E-state index contributed by atoms with van der Waals surface area (Å²) < 4.78 is 4.79. The Bertz CT molecular complexity index is 299. The number of alkyl halides is 2. The molecule has 0 saturated carbocycles. The fourth-order valence-electron chi connectivity index (χ4n) is 2.61. The first-order valence-electron chi connectivity index (χ1n) is 9.47. The van der Waals surface area contributed by atoms with Gasteiger partial charge in [-0.1, -0.05) is 89.7 Å². The number of hydrogen-bond donors (Lipinski definition) is 0. The van der Waals surface area contributed by atoms with Crippen molar-refractivity contribution < 1.29 is 9.53 Å². The summed E-state index contributed by atoms with van der Waals surface area (Å²) >= 11 is 11.4. The average molecular weight is 393 g/mol. The molecular formula is C19H34Cl2O2Si. The van der Waals surface area contributed by atoms with Gasteiger partial charge in [-0.05, 0) is 6.42 Å². The Morgan fingerprint density at radius 1 is 0.833 bits per heavy atom. The van der Waals surface area contributed by atoms with Gasteiger partial charge in [-0.2, -0.15) is 0 Å². The second kappa shape index (κ2) is 19.3. The molecule has 140 valence electrons. The van der Waals surface area contributed by atoms with E-state index >= 15 is 0 Å². The van der Waals surface area contributed by atoms with E-state index in [1.807, 2.05) is 0 Å². The van der Waals surface area contributed by atoms with Crippen molar-refractivity contribution in [3.8, 4) is 0 Å². The molecule has 0 fully saturated rings. The molecule has 0 unspecified atom stereocenters. The quantitative estimate of drug-likeness (QED) is 0.0854. The lowest BCUT2D eigenvalue weighted by molar-refractivity contribution is -0.137. The van der Waals surface area contributed by atoms with Gasteiger partial charge in [0, 0.05) is 6.08 Å². The SMILES string of the molecule is C=CC(=O)OCCCCCCCCCCCCCCC[Si]C(Cl)Cl. The summed E-state index contributed by atoms with van der Waals surface area (Å²) in [6.07, 6.45) is 18.1. The molecule has 0 aromatic heterocycles. The zero-order valence-corrected chi connectivity index (χ0v) is 17.6. The van der Waals surface area contributed by atoms with Crippen LogP contribution in [0.5, 0.6) is 0 Å². The first-order valence-corrected chi connectivity index (χ1v) is 11.6. The molecule has 0 aliphatic rings. The van der Waals surface area contributed by atoms with E-state index in [1.54, 1.807) is 0 Å². The number of carbonyl (C=O) groups is 1. The molecule has 0 aliphatic carbocycles. The van der Waals surface area contributed by atoms with Gasteiger partial charge in [0.1, 0.15) is 0 Å². The number of carbonyl (C=O) groups excluding carboxylic acids is 1. The van der Waals surface area contributed by atoms with Gasteiger partial charge in [0.05, 0.1) is 20.6 Å². The van der Waals surface area contributed by atoms with Crippen LogP contribution in [-0.4, -0.2) is 26.6 Å². The lowest BCUT2D eigenvalue weighted by Crippen LogP contribution is -2.01. The number of rotatable bonds is 18. The Morgan fingerprint density at radius 2 is 1.25 bits per heavy atom. The Kier molecular flexibility index (Phi) is 19.3. The van der Waals surface area contributed by atoms with E-state index in [2.05, 4.69) is 6.58 Å². The predicted molar refractivity (Wildman–Crippen MR) is 107 cm³/mol. The van der Waals surface area contributed by atoms with E-state index in [0.29, 0.717) is 16.1 Å².